The van der Waals surface area contributed by atoms with Crippen molar-refractivity contribution in [2.24, 2.45) is 0 Å². The molecule has 0 unspecified atom stereocenters. The van der Waals surface area contributed by atoms with E-state index in [4.69, 9.17) is 21.3 Å². The zero-order valence-corrected chi connectivity index (χ0v) is 17.6. The molecule has 0 saturated carbocycles. The zero-order valence-electron chi connectivity index (χ0n) is 16.1. The van der Waals surface area contributed by atoms with Crippen LogP contribution in [0.2, 0.25) is 5.02 Å². The van der Waals surface area contributed by atoms with Crippen molar-refractivity contribution in [1.29, 1.82) is 0 Å². The van der Waals surface area contributed by atoms with Crippen molar-refractivity contribution in [1.82, 2.24) is 14.5 Å². The maximum Gasteiger partial charge on any atom is 0.313 e. The largest absolute Gasteiger partial charge is 0.469 e. The van der Waals surface area contributed by atoms with Gasteiger partial charge in [0.15, 0.2) is 0 Å². The first kappa shape index (κ1) is 20.4. The van der Waals surface area contributed by atoms with Crippen LogP contribution in [0, 0.1) is 0 Å². The van der Waals surface area contributed by atoms with Gasteiger partial charge in [-0.05, 0) is 41.8 Å². The van der Waals surface area contributed by atoms with E-state index in [0.29, 0.717) is 17.4 Å². The lowest BCUT2D eigenvalue weighted by molar-refractivity contribution is -0.139. The van der Waals surface area contributed by atoms with Crippen LogP contribution in [0.4, 0.5) is 0 Å². The summed E-state index contributed by atoms with van der Waals surface area (Å²) in [5, 5.41) is 1.56. The van der Waals surface area contributed by atoms with Crippen molar-refractivity contribution in [2.45, 2.75) is 42.7 Å². The Morgan fingerprint density at radius 3 is 2.64 bits per heavy atom. The van der Waals surface area contributed by atoms with Gasteiger partial charge in [0.25, 0.3) is 0 Å². The van der Waals surface area contributed by atoms with E-state index >= 15 is 0 Å². The van der Waals surface area contributed by atoms with Crippen molar-refractivity contribution in [2.75, 3.05) is 7.11 Å². The lowest BCUT2D eigenvalue weighted by atomic mass is 10.1. The summed E-state index contributed by atoms with van der Waals surface area (Å²) in [6.07, 6.45) is 3.66. The average molecular weight is 416 g/mol. The molecule has 0 amide bonds. The molecule has 0 aliphatic heterocycles. The molecule has 5 nitrogen and oxygen atoms in total. The number of benzene rings is 1. The molecule has 2 heterocycles. The second-order valence-corrected chi connectivity index (χ2v) is 8.13. The number of rotatable bonds is 7. The summed E-state index contributed by atoms with van der Waals surface area (Å²) >= 11 is 7.69. The number of hydrogen-bond donors (Lipinski definition) is 0. The summed E-state index contributed by atoms with van der Waals surface area (Å²) in [6, 6.07) is 11.6. The van der Waals surface area contributed by atoms with Gasteiger partial charge in [0.1, 0.15) is 17.3 Å². The first-order valence-electron chi connectivity index (χ1n) is 8.96. The number of esters is 1. The highest BCUT2D eigenvalue weighted by atomic mass is 35.5. The number of nitrogens with zero attached hydrogens (tertiary/aromatic N) is 3. The average Bonchev–Trinajstić information content (AvgIpc) is 2.99. The molecule has 0 fully saturated rings. The van der Waals surface area contributed by atoms with Crippen LogP contribution in [0.3, 0.4) is 0 Å². The molecule has 0 saturated heterocycles. The highest BCUT2D eigenvalue weighted by Crippen LogP contribution is 2.35. The minimum atomic E-state index is -0.310. The monoisotopic (exact) mass is 415 g/mol. The van der Waals surface area contributed by atoms with Crippen LogP contribution < -0.4 is 0 Å². The van der Waals surface area contributed by atoms with Crippen molar-refractivity contribution in [3.05, 3.63) is 70.9 Å². The number of methoxy groups -OCH3 is 1. The molecule has 0 aliphatic carbocycles. The Bertz CT molecular complexity index is 958. The van der Waals surface area contributed by atoms with E-state index in [1.54, 1.807) is 24.2 Å². The van der Waals surface area contributed by atoms with Crippen LogP contribution in [0.15, 0.2) is 58.7 Å². The zero-order chi connectivity index (χ0) is 20.1. The standard InChI is InChI=1S/C21H22ClN3O2S/c1-14(2)20-21(28-17-6-4-5-16(22)11-17)24-18(12-19(26)27-3)25(20)13-15-7-9-23-10-8-15/h4-11,14H,12-13H2,1-3H3. The van der Waals surface area contributed by atoms with Crippen LogP contribution in [-0.2, 0) is 22.5 Å². The minimum absolute atomic E-state index is 0.122. The molecule has 0 atom stereocenters. The third-order valence-electron chi connectivity index (χ3n) is 4.23. The number of ether oxygens (including phenoxy) is 1. The number of imidazole rings is 1. The van der Waals surface area contributed by atoms with Crippen molar-refractivity contribution < 1.29 is 9.53 Å². The molecule has 3 rings (SSSR count). The Labute approximate surface area is 174 Å². The second kappa shape index (κ2) is 9.26. The first-order chi connectivity index (χ1) is 13.5. The topological polar surface area (TPSA) is 57.0 Å². The summed E-state index contributed by atoms with van der Waals surface area (Å²) in [5.41, 5.74) is 2.18. The molecule has 0 spiro atoms. The number of hydrogen-bond acceptors (Lipinski definition) is 5. The Kier molecular flexibility index (Phi) is 6.75. The molecule has 0 bridgehead atoms. The summed E-state index contributed by atoms with van der Waals surface area (Å²) in [5.74, 6) is 0.606. The van der Waals surface area contributed by atoms with Crippen LogP contribution in [0.5, 0.6) is 0 Å². The number of carbonyl (C=O) groups excluding carboxylic acids is 1. The van der Waals surface area contributed by atoms with E-state index in [9.17, 15) is 4.79 Å². The Morgan fingerprint density at radius 1 is 1.25 bits per heavy atom. The van der Waals surface area contributed by atoms with E-state index in [1.807, 2.05) is 36.4 Å². The van der Waals surface area contributed by atoms with Gasteiger partial charge < -0.3 is 9.30 Å². The smallest absolute Gasteiger partial charge is 0.313 e. The fourth-order valence-corrected chi connectivity index (χ4v) is 4.36. The quantitative estimate of drug-likeness (QED) is 0.510. The number of pyridine rings is 1. The molecule has 7 heteroatoms. The highest BCUT2D eigenvalue weighted by molar-refractivity contribution is 7.99. The molecule has 1 aromatic carbocycles. The lowest BCUT2D eigenvalue weighted by Crippen LogP contribution is -2.14. The van der Waals surface area contributed by atoms with Gasteiger partial charge in [0, 0.05) is 28.9 Å². The van der Waals surface area contributed by atoms with E-state index in [0.717, 1.165) is 21.2 Å². The van der Waals surface area contributed by atoms with Gasteiger partial charge in [-0.25, -0.2) is 4.98 Å². The first-order valence-corrected chi connectivity index (χ1v) is 10.2. The molecular weight excluding hydrogens is 394 g/mol. The summed E-state index contributed by atoms with van der Waals surface area (Å²) in [4.78, 5) is 21.9. The highest BCUT2D eigenvalue weighted by Gasteiger charge is 2.22. The van der Waals surface area contributed by atoms with Gasteiger partial charge in [0.05, 0.1) is 12.8 Å². The maximum absolute atomic E-state index is 12.0. The second-order valence-electron chi connectivity index (χ2n) is 6.63. The van der Waals surface area contributed by atoms with Crippen molar-refractivity contribution >= 4 is 29.3 Å². The summed E-state index contributed by atoms with van der Waals surface area (Å²) < 4.78 is 6.99. The molecule has 3 aromatic rings. The van der Waals surface area contributed by atoms with E-state index in [1.165, 1.54) is 7.11 Å². The predicted molar refractivity (Wildman–Crippen MR) is 111 cm³/mol. The lowest BCUT2D eigenvalue weighted by Gasteiger charge is -2.15. The molecule has 0 aliphatic rings. The SMILES string of the molecule is COC(=O)Cc1nc(Sc2cccc(Cl)c2)c(C(C)C)n1Cc1ccncc1. The number of carbonyl (C=O) groups is 1. The normalized spacial score (nSPS) is 11.0. The van der Waals surface area contributed by atoms with Crippen LogP contribution in [-0.4, -0.2) is 27.6 Å². The summed E-state index contributed by atoms with van der Waals surface area (Å²) in [7, 11) is 1.39. The van der Waals surface area contributed by atoms with Crippen molar-refractivity contribution in [3.8, 4) is 0 Å². The Hall–Kier alpha value is -2.31. The molecule has 0 radical (unpaired) electrons. The van der Waals surface area contributed by atoms with Gasteiger partial charge in [-0.3, -0.25) is 9.78 Å². The fourth-order valence-electron chi connectivity index (χ4n) is 2.95. The molecule has 2 aromatic heterocycles. The van der Waals surface area contributed by atoms with Crippen LogP contribution in [0.25, 0.3) is 0 Å². The van der Waals surface area contributed by atoms with E-state index in [-0.39, 0.29) is 18.3 Å². The fraction of sp³-hybridized carbons (Fsp3) is 0.286. The third kappa shape index (κ3) is 4.94. The van der Waals surface area contributed by atoms with Gasteiger partial charge in [-0.2, -0.15) is 0 Å². The van der Waals surface area contributed by atoms with Gasteiger partial charge in [-0.1, -0.05) is 43.3 Å². The Morgan fingerprint density at radius 2 is 2.00 bits per heavy atom. The van der Waals surface area contributed by atoms with Crippen LogP contribution in [0.1, 0.15) is 36.8 Å². The summed E-state index contributed by atoms with van der Waals surface area (Å²) in [6.45, 7) is 4.87. The van der Waals surface area contributed by atoms with E-state index in [2.05, 4.69) is 23.4 Å². The molecular formula is C21H22ClN3O2S. The molecule has 0 N–H and O–H groups in total. The van der Waals surface area contributed by atoms with Gasteiger partial charge in [0.2, 0.25) is 0 Å². The number of halogens is 1. The minimum Gasteiger partial charge on any atom is -0.469 e. The van der Waals surface area contributed by atoms with Gasteiger partial charge >= 0.3 is 5.97 Å². The maximum atomic E-state index is 12.0. The van der Waals surface area contributed by atoms with Gasteiger partial charge in [-0.15, -0.1) is 0 Å². The Balaban J connectivity index is 2.05. The van der Waals surface area contributed by atoms with Crippen LogP contribution >= 0.6 is 23.4 Å². The predicted octanol–water partition coefficient (Wildman–Crippen LogP) is 4.97. The van der Waals surface area contributed by atoms with E-state index < -0.39 is 0 Å². The molecule has 146 valence electrons. The number of aromatic nitrogens is 3. The molecule has 28 heavy (non-hydrogen) atoms. The third-order valence-corrected chi connectivity index (χ3v) is 5.45. The van der Waals surface area contributed by atoms with Crippen molar-refractivity contribution in [3.63, 3.8) is 0 Å².